The van der Waals surface area contributed by atoms with Gasteiger partial charge in [-0.05, 0) is 19.1 Å². The van der Waals surface area contributed by atoms with Gasteiger partial charge in [0.25, 0.3) is 5.69 Å². The van der Waals surface area contributed by atoms with Crippen molar-refractivity contribution in [2.75, 3.05) is 24.7 Å². The van der Waals surface area contributed by atoms with Crippen LogP contribution in [0.3, 0.4) is 0 Å². The van der Waals surface area contributed by atoms with E-state index in [1.807, 2.05) is 0 Å². The fraction of sp³-hybridized carbons (Fsp3) is 0.500. The second-order valence-electron chi connectivity index (χ2n) is 4.32. The van der Waals surface area contributed by atoms with Crippen molar-refractivity contribution in [3.05, 3.63) is 33.9 Å². The lowest BCUT2D eigenvalue weighted by atomic mass is 10.1. The van der Waals surface area contributed by atoms with Crippen molar-refractivity contribution in [3.8, 4) is 0 Å². The van der Waals surface area contributed by atoms with Gasteiger partial charge in [-0.3, -0.25) is 10.1 Å². The molecule has 6 heteroatoms. The van der Waals surface area contributed by atoms with E-state index in [1.54, 1.807) is 12.1 Å². The normalized spacial score (nSPS) is 19.9. The summed E-state index contributed by atoms with van der Waals surface area (Å²) >= 11 is 5.78. The fourth-order valence-corrected chi connectivity index (χ4v) is 2.36. The molecule has 98 valence electrons. The van der Waals surface area contributed by atoms with Crippen molar-refractivity contribution in [2.45, 2.75) is 18.8 Å². The van der Waals surface area contributed by atoms with Gasteiger partial charge in [0.2, 0.25) is 0 Å². The van der Waals surface area contributed by atoms with E-state index in [1.165, 1.54) is 6.07 Å². The molecule has 1 fully saturated rings. The van der Waals surface area contributed by atoms with Gasteiger partial charge < -0.3 is 9.64 Å². The molecule has 18 heavy (non-hydrogen) atoms. The van der Waals surface area contributed by atoms with Crippen LogP contribution in [0.25, 0.3) is 0 Å². The van der Waals surface area contributed by atoms with Crippen LogP contribution >= 0.6 is 11.6 Å². The van der Waals surface area contributed by atoms with Crippen LogP contribution in [0.1, 0.15) is 12.5 Å². The van der Waals surface area contributed by atoms with Gasteiger partial charge in [0.05, 0.1) is 24.0 Å². The molecule has 1 saturated heterocycles. The summed E-state index contributed by atoms with van der Waals surface area (Å²) in [7, 11) is 0. The zero-order valence-electron chi connectivity index (χ0n) is 10.1. The topological polar surface area (TPSA) is 55.6 Å². The summed E-state index contributed by atoms with van der Waals surface area (Å²) in [5.41, 5.74) is 1.60. The Morgan fingerprint density at radius 3 is 3.00 bits per heavy atom. The molecular weight excluding hydrogens is 256 g/mol. The molecule has 1 aliphatic rings. The van der Waals surface area contributed by atoms with E-state index in [4.69, 9.17) is 16.3 Å². The van der Waals surface area contributed by atoms with Crippen molar-refractivity contribution in [1.29, 1.82) is 0 Å². The van der Waals surface area contributed by atoms with Gasteiger partial charge in [-0.1, -0.05) is 0 Å². The minimum absolute atomic E-state index is 0.0784. The Morgan fingerprint density at radius 2 is 2.39 bits per heavy atom. The maximum Gasteiger partial charge on any atom is 0.273 e. The van der Waals surface area contributed by atoms with Gasteiger partial charge in [0, 0.05) is 29.9 Å². The van der Waals surface area contributed by atoms with E-state index in [-0.39, 0.29) is 17.6 Å². The Bertz CT molecular complexity index is 453. The predicted octanol–water partition coefficient (Wildman–Crippen LogP) is 2.56. The maximum absolute atomic E-state index is 10.8. The van der Waals surface area contributed by atoms with Gasteiger partial charge in [0.1, 0.15) is 0 Å². The molecule has 1 heterocycles. The molecule has 1 aliphatic heterocycles. The van der Waals surface area contributed by atoms with Crippen LogP contribution in [-0.4, -0.2) is 30.7 Å². The van der Waals surface area contributed by atoms with E-state index < -0.39 is 4.92 Å². The zero-order chi connectivity index (χ0) is 13.1. The molecule has 0 spiro atoms. The van der Waals surface area contributed by atoms with Gasteiger partial charge >= 0.3 is 0 Å². The molecule has 1 aromatic carbocycles. The number of morpholine rings is 1. The summed E-state index contributed by atoms with van der Waals surface area (Å²) in [6.45, 7) is 4.21. The van der Waals surface area contributed by atoms with Crippen LogP contribution in [0.5, 0.6) is 0 Å². The highest BCUT2D eigenvalue weighted by atomic mass is 35.5. The third-order valence-corrected chi connectivity index (χ3v) is 3.39. The number of benzene rings is 1. The number of ether oxygens (including phenoxy) is 1. The molecule has 1 aromatic rings. The third kappa shape index (κ3) is 2.57. The average molecular weight is 271 g/mol. The molecule has 5 nitrogen and oxygen atoms in total. The van der Waals surface area contributed by atoms with Gasteiger partial charge in [-0.15, -0.1) is 11.6 Å². The Hall–Kier alpha value is -1.33. The van der Waals surface area contributed by atoms with Crippen molar-refractivity contribution in [1.82, 2.24) is 0 Å². The van der Waals surface area contributed by atoms with Crippen LogP contribution in [0.4, 0.5) is 11.4 Å². The van der Waals surface area contributed by atoms with Crippen LogP contribution in [0, 0.1) is 10.1 Å². The minimum Gasteiger partial charge on any atom is -0.377 e. The summed E-state index contributed by atoms with van der Waals surface area (Å²) in [5, 5.41) is 10.8. The highest BCUT2D eigenvalue weighted by Crippen LogP contribution is 2.28. The molecule has 0 aliphatic carbocycles. The maximum atomic E-state index is 10.8. The largest absolute Gasteiger partial charge is 0.377 e. The van der Waals surface area contributed by atoms with E-state index >= 15 is 0 Å². The lowest BCUT2D eigenvalue weighted by molar-refractivity contribution is -0.385. The van der Waals surface area contributed by atoms with E-state index in [0.29, 0.717) is 18.8 Å². The number of nitro groups is 1. The molecule has 0 bridgehead atoms. The number of nitro benzene ring substituents is 1. The Labute approximate surface area is 110 Å². The van der Waals surface area contributed by atoms with Crippen molar-refractivity contribution in [3.63, 3.8) is 0 Å². The van der Waals surface area contributed by atoms with E-state index in [9.17, 15) is 10.1 Å². The quantitative estimate of drug-likeness (QED) is 0.481. The standard InChI is InChI=1S/C12H15ClN2O3/c1-9-8-18-5-4-14(9)11-2-3-12(15(16)17)10(6-11)7-13/h2-3,6,9H,4-5,7-8H2,1H3. The van der Waals surface area contributed by atoms with Crippen molar-refractivity contribution >= 4 is 23.0 Å². The Kier molecular flexibility index (Phi) is 4.04. The lowest BCUT2D eigenvalue weighted by Crippen LogP contribution is -2.43. The summed E-state index contributed by atoms with van der Waals surface area (Å²) in [4.78, 5) is 12.6. The van der Waals surface area contributed by atoms with Crippen LogP contribution in [-0.2, 0) is 10.6 Å². The van der Waals surface area contributed by atoms with Crippen molar-refractivity contribution < 1.29 is 9.66 Å². The minimum atomic E-state index is -0.399. The summed E-state index contributed by atoms with van der Waals surface area (Å²) < 4.78 is 5.38. The fourth-order valence-electron chi connectivity index (χ4n) is 2.15. The van der Waals surface area contributed by atoms with E-state index in [0.717, 1.165) is 12.2 Å². The predicted molar refractivity (Wildman–Crippen MR) is 70.3 cm³/mol. The molecule has 0 amide bonds. The zero-order valence-corrected chi connectivity index (χ0v) is 10.9. The first-order valence-corrected chi connectivity index (χ1v) is 6.34. The number of hydrogen-bond donors (Lipinski definition) is 0. The van der Waals surface area contributed by atoms with Crippen LogP contribution < -0.4 is 4.90 Å². The number of anilines is 1. The lowest BCUT2D eigenvalue weighted by Gasteiger charge is -2.35. The summed E-state index contributed by atoms with van der Waals surface area (Å²) in [5.74, 6) is 0.142. The number of rotatable bonds is 3. The molecule has 0 N–H and O–H groups in total. The Balaban J connectivity index is 2.31. The molecule has 0 aromatic heterocycles. The Morgan fingerprint density at radius 1 is 1.61 bits per heavy atom. The van der Waals surface area contributed by atoms with E-state index in [2.05, 4.69) is 11.8 Å². The highest BCUT2D eigenvalue weighted by Gasteiger charge is 2.21. The first-order valence-electron chi connectivity index (χ1n) is 5.81. The van der Waals surface area contributed by atoms with Crippen LogP contribution in [0.2, 0.25) is 0 Å². The first-order chi connectivity index (χ1) is 8.63. The third-order valence-electron chi connectivity index (χ3n) is 3.10. The van der Waals surface area contributed by atoms with Crippen molar-refractivity contribution in [2.24, 2.45) is 0 Å². The second kappa shape index (κ2) is 5.54. The molecule has 0 saturated carbocycles. The number of alkyl halides is 1. The molecule has 0 radical (unpaired) electrons. The molecular formula is C12H15ClN2O3. The van der Waals surface area contributed by atoms with Gasteiger partial charge in [-0.25, -0.2) is 0 Å². The highest BCUT2D eigenvalue weighted by molar-refractivity contribution is 6.17. The molecule has 2 rings (SSSR count). The smallest absolute Gasteiger partial charge is 0.273 e. The number of halogens is 1. The monoisotopic (exact) mass is 270 g/mol. The molecule has 1 atom stereocenters. The van der Waals surface area contributed by atoms with Gasteiger partial charge in [0.15, 0.2) is 0 Å². The van der Waals surface area contributed by atoms with Gasteiger partial charge in [-0.2, -0.15) is 0 Å². The second-order valence-corrected chi connectivity index (χ2v) is 4.59. The molecule has 1 unspecified atom stereocenters. The first kappa shape index (κ1) is 13.1. The summed E-state index contributed by atoms with van der Waals surface area (Å²) in [6.07, 6.45) is 0. The average Bonchev–Trinajstić information content (AvgIpc) is 2.38. The SMILES string of the molecule is CC1COCCN1c1ccc([N+](=O)[O-])c(CCl)c1. The summed E-state index contributed by atoms with van der Waals surface area (Å²) in [6, 6.07) is 5.36. The number of hydrogen-bond acceptors (Lipinski definition) is 4. The number of nitrogens with zero attached hydrogens (tertiary/aromatic N) is 2. The van der Waals surface area contributed by atoms with Crippen LogP contribution in [0.15, 0.2) is 18.2 Å².